The van der Waals surface area contributed by atoms with Crippen LogP contribution in [0.3, 0.4) is 0 Å². The predicted molar refractivity (Wildman–Crippen MR) is 353 cm³/mol. The Labute approximate surface area is 499 Å². The zero-order valence-corrected chi connectivity index (χ0v) is 53.6. The van der Waals surface area contributed by atoms with Gasteiger partial charge < -0.3 is 14.6 Å². The largest absolute Gasteiger partial charge is 0.462 e. The van der Waals surface area contributed by atoms with Crippen LogP contribution in [0, 0.1) is 0 Å². The van der Waals surface area contributed by atoms with E-state index in [0.29, 0.717) is 12.8 Å². The summed E-state index contributed by atoms with van der Waals surface area (Å²) in [7, 11) is 0. The lowest BCUT2D eigenvalue weighted by atomic mass is 10.0. The van der Waals surface area contributed by atoms with Crippen molar-refractivity contribution in [3.63, 3.8) is 0 Å². The van der Waals surface area contributed by atoms with E-state index >= 15 is 0 Å². The lowest BCUT2D eigenvalue weighted by Gasteiger charge is -2.15. The SMILES string of the molecule is CC/C=C\C/C=C\C/C=C\C/C=C\CCCCCCCCCCCCCCCCC(=O)OC(CO)COC(=O)CCCCCCCCCCCCCCCCCCCCCCCCCCCCC/C=C\C/C=C\CCCCCCC. The van der Waals surface area contributed by atoms with E-state index in [9.17, 15) is 14.7 Å². The summed E-state index contributed by atoms with van der Waals surface area (Å²) in [4.78, 5) is 24.6. The maximum absolute atomic E-state index is 12.4. The average Bonchev–Trinajstić information content (AvgIpc) is 3.46. The fraction of sp³-hybridized carbons (Fsp3) is 0.813. The van der Waals surface area contributed by atoms with E-state index < -0.39 is 6.10 Å². The number of unbranched alkanes of at least 4 members (excludes halogenated alkanes) is 46. The van der Waals surface area contributed by atoms with Gasteiger partial charge in [-0.15, -0.1) is 0 Å². The van der Waals surface area contributed by atoms with Crippen LogP contribution in [0.1, 0.15) is 373 Å². The number of rotatable bonds is 66. The van der Waals surface area contributed by atoms with Crippen molar-refractivity contribution in [1.82, 2.24) is 0 Å². The second-order valence-electron chi connectivity index (χ2n) is 23.9. The second kappa shape index (κ2) is 70.6. The van der Waals surface area contributed by atoms with Crippen molar-refractivity contribution >= 4 is 11.9 Å². The molecule has 0 spiro atoms. The van der Waals surface area contributed by atoms with Crippen molar-refractivity contribution in [2.45, 2.75) is 380 Å². The minimum Gasteiger partial charge on any atom is -0.462 e. The zero-order valence-electron chi connectivity index (χ0n) is 53.6. The molecule has 1 N–H and O–H groups in total. The van der Waals surface area contributed by atoms with Gasteiger partial charge in [0, 0.05) is 12.8 Å². The first-order valence-electron chi connectivity index (χ1n) is 35.5. The number of carbonyl (C=O) groups excluding carboxylic acids is 2. The van der Waals surface area contributed by atoms with Crippen LogP contribution < -0.4 is 0 Å². The standard InChI is InChI=1S/C75H136O5/c1-3-5-7-9-11-13-15-17-19-21-23-25-27-29-31-32-33-34-35-36-37-38-39-40-41-42-44-45-47-49-51-53-55-57-59-61-63-65-67-69-74(77)79-72-73(71-76)80-75(78)70-68-66-64-62-60-58-56-54-52-50-48-46-43-30-28-26-24-22-20-18-16-14-12-10-8-6-4-2/h6,8,12,14-15,17-18,20-21,23-24,26,73,76H,3-5,7,9-11,13,16,19,22,25,27-72H2,1-2H3/b8-6-,14-12-,17-15-,20-18-,23-21-,26-24-. The van der Waals surface area contributed by atoms with Crippen molar-refractivity contribution in [3.8, 4) is 0 Å². The Balaban J connectivity index is 3.39. The van der Waals surface area contributed by atoms with Gasteiger partial charge in [-0.25, -0.2) is 0 Å². The van der Waals surface area contributed by atoms with Crippen molar-refractivity contribution in [1.29, 1.82) is 0 Å². The number of esters is 2. The Morgan fingerprint density at radius 1 is 0.300 bits per heavy atom. The Bertz CT molecular complexity index is 1400. The molecule has 0 heterocycles. The molecule has 0 aliphatic heterocycles. The van der Waals surface area contributed by atoms with Gasteiger partial charge in [0.25, 0.3) is 0 Å². The fourth-order valence-corrected chi connectivity index (χ4v) is 10.7. The topological polar surface area (TPSA) is 72.8 Å². The summed E-state index contributed by atoms with van der Waals surface area (Å²) in [6.07, 6.45) is 98.1. The highest BCUT2D eigenvalue weighted by molar-refractivity contribution is 5.70. The summed E-state index contributed by atoms with van der Waals surface area (Å²) in [5.74, 6) is -0.574. The van der Waals surface area contributed by atoms with Crippen molar-refractivity contribution in [2.75, 3.05) is 13.2 Å². The number of ether oxygens (including phenoxy) is 2. The molecule has 5 nitrogen and oxygen atoms in total. The molecule has 466 valence electrons. The first kappa shape index (κ1) is 77.3. The Hall–Kier alpha value is -2.66. The first-order valence-corrected chi connectivity index (χ1v) is 35.5. The van der Waals surface area contributed by atoms with Crippen molar-refractivity contribution in [3.05, 3.63) is 72.9 Å². The van der Waals surface area contributed by atoms with Gasteiger partial charge in [-0.05, 0) is 83.5 Å². The predicted octanol–water partition coefficient (Wildman–Crippen LogP) is 24.7. The lowest BCUT2D eigenvalue weighted by molar-refractivity contribution is -0.161. The maximum Gasteiger partial charge on any atom is 0.306 e. The molecule has 0 aliphatic carbocycles. The molecule has 0 aromatic heterocycles. The third-order valence-electron chi connectivity index (χ3n) is 16.0. The molecular weight excluding hydrogens is 981 g/mol. The highest BCUT2D eigenvalue weighted by Crippen LogP contribution is 2.19. The molecule has 0 saturated heterocycles. The highest BCUT2D eigenvalue weighted by Gasteiger charge is 2.16. The van der Waals surface area contributed by atoms with Crippen LogP contribution >= 0.6 is 0 Å². The molecule has 0 aromatic carbocycles. The Kier molecular flexibility index (Phi) is 68.3. The number of aliphatic hydroxyl groups excluding tert-OH is 1. The molecule has 0 fully saturated rings. The molecule has 1 unspecified atom stereocenters. The average molecular weight is 1120 g/mol. The third-order valence-corrected chi connectivity index (χ3v) is 16.0. The lowest BCUT2D eigenvalue weighted by Crippen LogP contribution is -2.28. The Morgan fingerprint density at radius 2 is 0.537 bits per heavy atom. The van der Waals surface area contributed by atoms with Crippen LogP contribution in [0.5, 0.6) is 0 Å². The van der Waals surface area contributed by atoms with Gasteiger partial charge in [0.15, 0.2) is 6.10 Å². The maximum atomic E-state index is 12.4. The van der Waals surface area contributed by atoms with Crippen LogP contribution in [-0.2, 0) is 19.1 Å². The summed E-state index contributed by atoms with van der Waals surface area (Å²) < 4.78 is 10.8. The number of carbonyl (C=O) groups is 2. The molecule has 0 aliphatic rings. The van der Waals surface area contributed by atoms with E-state index in [-0.39, 0.29) is 25.2 Å². The molecule has 0 saturated carbocycles. The first-order chi connectivity index (χ1) is 39.6. The number of aliphatic hydroxyl groups is 1. The fourth-order valence-electron chi connectivity index (χ4n) is 10.7. The third kappa shape index (κ3) is 67.8. The monoisotopic (exact) mass is 1120 g/mol. The normalized spacial score (nSPS) is 12.6. The summed E-state index contributed by atoms with van der Waals surface area (Å²) >= 11 is 0. The summed E-state index contributed by atoms with van der Waals surface area (Å²) in [5, 5.41) is 9.70. The van der Waals surface area contributed by atoms with E-state index in [1.54, 1.807) is 0 Å². The van der Waals surface area contributed by atoms with E-state index in [0.717, 1.165) is 70.6 Å². The highest BCUT2D eigenvalue weighted by atomic mass is 16.6. The zero-order chi connectivity index (χ0) is 57.6. The second-order valence-corrected chi connectivity index (χ2v) is 23.9. The van der Waals surface area contributed by atoms with Crippen molar-refractivity contribution < 1.29 is 24.2 Å². The van der Waals surface area contributed by atoms with Gasteiger partial charge in [0.1, 0.15) is 6.61 Å². The summed E-state index contributed by atoms with van der Waals surface area (Å²) in [6.45, 7) is 4.06. The summed E-state index contributed by atoms with van der Waals surface area (Å²) in [6, 6.07) is 0. The van der Waals surface area contributed by atoms with Crippen LogP contribution in [0.4, 0.5) is 0 Å². The minimum absolute atomic E-state index is 0.0631. The van der Waals surface area contributed by atoms with Gasteiger partial charge in [0.05, 0.1) is 6.61 Å². The van der Waals surface area contributed by atoms with Gasteiger partial charge in [-0.1, -0.05) is 350 Å². The van der Waals surface area contributed by atoms with Crippen LogP contribution in [0.25, 0.3) is 0 Å². The van der Waals surface area contributed by atoms with Crippen LogP contribution in [-0.4, -0.2) is 36.4 Å². The van der Waals surface area contributed by atoms with E-state index in [1.807, 2.05) is 0 Å². The molecular formula is C75H136O5. The smallest absolute Gasteiger partial charge is 0.306 e. The van der Waals surface area contributed by atoms with Gasteiger partial charge in [-0.3, -0.25) is 9.59 Å². The minimum atomic E-state index is -0.774. The molecule has 5 heteroatoms. The molecule has 1 atom stereocenters. The van der Waals surface area contributed by atoms with E-state index in [2.05, 4.69) is 86.8 Å². The molecule has 0 aromatic rings. The number of hydrogen-bond acceptors (Lipinski definition) is 5. The Morgan fingerprint density at radius 3 is 0.812 bits per heavy atom. The molecule has 0 amide bonds. The molecule has 80 heavy (non-hydrogen) atoms. The number of hydrogen-bond donors (Lipinski definition) is 1. The van der Waals surface area contributed by atoms with Crippen LogP contribution in [0.15, 0.2) is 72.9 Å². The quantitative estimate of drug-likeness (QED) is 0.0373. The van der Waals surface area contributed by atoms with Gasteiger partial charge >= 0.3 is 11.9 Å². The van der Waals surface area contributed by atoms with Gasteiger partial charge in [0.2, 0.25) is 0 Å². The summed E-state index contributed by atoms with van der Waals surface area (Å²) in [5.41, 5.74) is 0. The molecule has 0 rings (SSSR count). The molecule has 0 radical (unpaired) electrons. The van der Waals surface area contributed by atoms with Crippen molar-refractivity contribution in [2.24, 2.45) is 0 Å². The van der Waals surface area contributed by atoms with Gasteiger partial charge in [-0.2, -0.15) is 0 Å². The van der Waals surface area contributed by atoms with Crippen LogP contribution in [0.2, 0.25) is 0 Å². The number of allylic oxidation sites excluding steroid dienone is 12. The van der Waals surface area contributed by atoms with E-state index in [4.69, 9.17) is 9.47 Å². The molecule has 0 bridgehead atoms. The van der Waals surface area contributed by atoms with E-state index in [1.165, 1.54) is 276 Å².